The minimum Gasteiger partial charge on any atom is -0.340 e. The summed E-state index contributed by atoms with van der Waals surface area (Å²) >= 11 is 0. The maximum atomic E-state index is 14.3. The molecule has 2 atom stereocenters. The van der Waals surface area contributed by atoms with E-state index in [0.717, 1.165) is 26.1 Å². The van der Waals surface area contributed by atoms with Crippen LogP contribution in [0.25, 0.3) is 0 Å². The number of halogens is 1. The van der Waals surface area contributed by atoms with Gasteiger partial charge in [-0.15, -0.1) is 0 Å². The molecule has 1 aliphatic heterocycles. The Hall–Kier alpha value is -0.680. The van der Waals surface area contributed by atoms with E-state index in [-0.39, 0.29) is 17.9 Å². The van der Waals surface area contributed by atoms with Crippen molar-refractivity contribution < 1.29 is 9.18 Å². The normalized spacial score (nSPS) is 24.4. The van der Waals surface area contributed by atoms with Gasteiger partial charge in [0.25, 0.3) is 0 Å². The molecule has 1 aliphatic rings. The van der Waals surface area contributed by atoms with Gasteiger partial charge in [0.1, 0.15) is 6.17 Å². The summed E-state index contributed by atoms with van der Waals surface area (Å²) in [6, 6.07) is 0.197. The van der Waals surface area contributed by atoms with Gasteiger partial charge in [0, 0.05) is 45.2 Å². The third-order valence-corrected chi connectivity index (χ3v) is 3.91. The van der Waals surface area contributed by atoms with Gasteiger partial charge in [-0.3, -0.25) is 9.69 Å². The average molecular weight is 287 g/mol. The van der Waals surface area contributed by atoms with E-state index in [0.29, 0.717) is 12.6 Å². The Morgan fingerprint density at radius 3 is 2.55 bits per heavy atom. The van der Waals surface area contributed by atoms with Crippen molar-refractivity contribution in [2.45, 2.75) is 52.4 Å². The monoisotopic (exact) mass is 287 g/mol. The van der Waals surface area contributed by atoms with Gasteiger partial charge in [-0.25, -0.2) is 4.39 Å². The molecule has 0 bridgehead atoms. The summed E-state index contributed by atoms with van der Waals surface area (Å²) in [7, 11) is 1.73. The SMILES string of the molecule is CC(C)NCCN1CC[C@H](N(C)C(=O)C(C)C)[C@H](F)C1. The number of hydrogen-bond acceptors (Lipinski definition) is 3. The summed E-state index contributed by atoms with van der Waals surface area (Å²) < 4.78 is 14.3. The Bertz CT molecular complexity index is 309. The van der Waals surface area contributed by atoms with E-state index in [1.54, 1.807) is 11.9 Å². The molecule has 1 rings (SSSR count). The molecular formula is C15H30FN3O. The number of carbonyl (C=O) groups is 1. The van der Waals surface area contributed by atoms with Crippen LogP contribution in [0.4, 0.5) is 4.39 Å². The van der Waals surface area contributed by atoms with Gasteiger partial charge in [-0.2, -0.15) is 0 Å². The Morgan fingerprint density at radius 1 is 1.40 bits per heavy atom. The van der Waals surface area contributed by atoms with Crippen LogP contribution in [0.5, 0.6) is 0 Å². The van der Waals surface area contributed by atoms with Crippen LogP contribution < -0.4 is 5.32 Å². The van der Waals surface area contributed by atoms with Crippen LogP contribution in [-0.2, 0) is 4.79 Å². The number of nitrogens with one attached hydrogen (secondary N) is 1. The third kappa shape index (κ3) is 5.02. The van der Waals surface area contributed by atoms with Crippen molar-refractivity contribution in [3.05, 3.63) is 0 Å². The van der Waals surface area contributed by atoms with Gasteiger partial charge in [0.15, 0.2) is 0 Å². The molecule has 4 nitrogen and oxygen atoms in total. The number of likely N-dealkylation sites (tertiary alicyclic amines) is 1. The molecule has 0 aromatic rings. The highest BCUT2D eigenvalue weighted by Gasteiger charge is 2.34. The lowest BCUT2D eigenvalue weighted by Gasteiger charge is -2.39. The number of hydrogen-bond donors (Lipinski definition) is 1. The zero-order valence-corrected chi connectivity index (χ0v) is 13.5. The van der Waals surface area contributed by atoms with E-state index in [2.05, 4.69) is 24.1 Å². The molecule has 1 heterocycles. The summed E-state index contributed by atoms with van der Waals surface area (Å²) in [4.78, 5) is 15.7. The molecular weight excluding hydrogens is 257 g/mol. The molecule has 5 heteroatoms. The second kappa shape index (κ2) is 7.93. The van der Waals surface area contributed by atoms with E-state index >= 15 is 0 Å². The van der Waals surface area contributed by atoms with Gasteiger partial charge < -0.3 is 10.2 Å². The number of amides is 1. The molecule has 0 spiro atoms. The third-order valence-electron chi connectivity index (χ3n) is 3.91. The van der Waals surface area contributed by atoms with Crippen molar-refractivity contribution in [1.29, 1.82) is 0 Å². The first-order valence-electron chi connectivity index (χ1n) is 7.69. The lowest BCUT2D eigenvalue weighted by molar-refractivity contribution is -0.137. The van der Waals surface area contributed by atoms with Crippen LogP contribution in [0, 0.1) is 5.92 Å². The Kier molecular flexibility index (Phi) is 6.89. The molecule has 0 unspecified atom stereocenters. The number of rotatable bonds is 6. The zero-order chi connectivity index (χ0) is 15.3. The fourth-order valence-electron chi connectivity index (χ4n) is 2.68. The highest BCUT2D eigenvalue weighted by atomic mass is 19.1. The topological polar surface area (TPSA) is 35.6 Å². The quantitative estimate of drug-likeness (QED) is 0.804. The van der Waals surface area contributed by atoms with Crippen molar-refractivity contribution in [3.63, 3.8) is 0 Å². The van der Waals surface area contributed by atoms with Crippen molar-refractivity contribution >= 4 is 5.91 Å². The fraction of sp³-hybridized carbons (Fsp3) is 0.933. The van der Waals surface area contributed by atoms with E-state index in [1.807, 2.05) is 13.8 Å². The predicted molar refractivity (Wildman–Crippen MR) is 80.5 cm³/mol. The minimum absolute atomic E-state index is 0.0348. The summed E-state index contributed by atoms with van der Waals surface area (Å²) in [6.45, 7) is 11.0. The van der Waals surface area contributed by atoms with E-state index in [9.17, 15) is 9.18 Å². The Balaban J connectivity index is 2.41. The van der Waals surface area contributed by atoms with Gasteiger partial charge in [-0.05, 0) is 6.42 Å². The summed E-state index contributed by atoms with van der Waals surface area (Å²) in [5.41, 5.74) is 0. The van der Waals surface area contributed by atoms with Crippen molar-refractivity contribution in [2.75, 3.05) is 33.2 Å². The molecule has 0 aromatic carbocycles. The average Bonchev–Trinajstić information content (AvgIpc) is 2.36. The molecule has 1 N–H and O–H groups in total. The molecule has 0 saturated carbocycles. The van der Waals surface area contributed by atoms with Crippen LogP contribution in [-0.4, -0.2) is 67.2 Å². The summed E-state index contributed by atoms with van der Waals surface area (Å²) in [6.07, 6.45) is -0.229. The number of alkyl halides is 1. The predicted octanol–water partition coefficient (Wildman–Crippen LogP) is 1.51. The van der Waals surface area contributed by atoms with Crippen LogP contribution >= 0.6 is 0 Å². The largest absolute Gasteiger partial charge is 0.340 e. The molecule has 118 valence electrons. The molecule has 0 radical (unpaired) electrons. The van der Waals surface area contributed by atoms with Gasteiger partial charge >= 0.3 is 0 Å². The maximum absolute atomic E-state index is 14.3. The van der Waals surface area contributed by atoms with E-state index < -0.39 is 6.17 Å². The zero-order valence-electron chi connectivity index (χ0n) is 13.5. The number of nitrogens with zero attached hydrogens (tertiary/aromatic N) is 2. The lowest BCUT2D eigenvalue weighted by Crippen LogP contribution is -2.54. The van der Waals surface area contributed by atoms with E-state index in [1.165, 1.54) is 0 Å². The van der Waals surface area contributed by atoms with Gasteiger partial charge in [0.2, 0.25) is 5.91 Å². The smallest absolute Gasteiger partial charge is 0.225 e. The molecule has 1 amide bonds. The van der Waals surface area contributed by atoms with Crippen molar-refractivity contribution in [2.24, 2.45) is 5.92 Å². The first-order valence-corrected chi connectivity index (χ1v) is 7.69. The Morgan fingerprint density at radius 2 is 2.05 bits per heavy atom. The molecule has 20 heavy (non-hydrogen) atoms. The van der Waals surface area contributed by atoms with Crippen LogP contribution in [0.15, 0.2) is 0 Å². The first-order chi connectivity index (χ1) is 9.32. The number of carbonyl (C=O) groups excluding carboxylic acids is 1. The van der Waals surface area contributed by atoms with Gasteiger partial charge in [-0.1, -0.05) is 27.7 Å². The fourth-order valence-corrected chi connectivity index (χ4v) is 2.68. The standard InChI is InChI=1S/C15H30FN3O/c1-11(2)15(20)18(5)14-6-8-19(10-13(14)16)9-7-17-12(3)4/h11-14,17H,6-10H2,1-5H3/t13-,14+/m1/s1. The minimum atomic E-state index is -0.949. The number of piperidine rings is 1. The van der Waals surface area contributed by atoms with Crippen molar-refractivity contribution in [1.82, 2.24) is 15.1 Å². The van der Waals surface area contributed by atoms with E-state index in [4.69, 9.17) is 0 Å². The lowest BCUT2D eigenvalue weighted by atomic mass is 10.00. The highest BCUT2D eigenvalue weighted by molar-refractivity contribution is 5.78. The van der Waals surface area contributed by atoms with Crippen LogP contribution in [0.2, 0.25) is 0 Å². The maximum Gasteiger partial charge on any atom is 0.225 e. The highest BCUT2D eigenvalue weighted by Crippen LogP contribution is 2.20. The second-order valence-corrected chi connectivity index (χ2v) is 6.39. The first kappa shape index (κ1) is 17.4. The summed E-state index contributed by atoms with van der Waals surface area (Å²) in [5, 5.41) is 3.35. The van der Waals surface area contributed by atoms with Crippen LogP contribution in [0.3, 0.4) is 0 Å². The molecule has 0 aromatic heterocycles. The molecule has 0 aliphatic carbocycles. The van der Waals surface area contributed by atoms with Crippen molar-refractivity contribution in [3.8, 4) is 0 Å². The Labute approximate surface area is 122 Å². The molecule has 1 saturated heterocycles. The summed E-state index contributed by atoms with van der Waals surface area (Å²) in [5.74, 6) is -0.0342. The van der Waals surface area contributed by atoms with Gasteiger partial charge in [0.05, 0.1) is 6.04 Å². The van der Waals surface area contributed by atoms with Crippen LogP contribution in [0.1, 0.15) is 34.1 Å². The molecule has 1 fully saturated rings. The second-order valence-electron chi connectivity index (χ2n) is 6.39.